The van der Waals surface area contributed by atoms with Crippen LogP contribution in [0.5, 0.6) is 5.75 Å². The van der Waals surface area contributed by atoms with Crippen molar-refractivity contribution < 1.29 is 9.84 Å². The molecule has 0 radical (unpaired) electrons. The summed E-state index contributed by atoms with van der Waals surface area (Å²) < 4.78 is 5.22. The fraction of sp³-hybridized carbons (Fsp3) is 0.647. The second-order valence-corrected chi connectivity index (χ2v) is 7.16. The summed E-state index contributed by atoms with van der Waals surface area (Å²) in [7, 11) is 1.67. The van der Waals surface area contributed by atoms with Crippen LogP contribution in [0.3, 0.4) is 0 Å². The maximum Gasteiger partial charge on any atom is 0.118 e. The first-order valence-electron chi connectivity index (χ1n) is 7.22. The SMILES string of the molecule is COc1ccc(C2(O)C3(C)CCC(C3)C2(C)C)cc1. The second kappa shape index (κ2) is 3.76. The predicted molar refractivity (Wildman–Crippen MR) is 76.1 cm³/mol. The molecule has 3 unspecified atom stereocenters. The van der Waals surface area contributed by atoms with Gasteiger partial charge in [0.1, 0.15) is 11.4 Å². The van der Waals surface area contributed by atoms with Crippen molar-refractivity contribution in [2.75, 3.05) is 7.11 Å². The van der Waals surface area contributed by atoms with Gasteiger partial charge in [-0.1, -0.05) is 32.9 Å². The van der Waals surface area contributed by atoms with E-state index in [0.717, 1.165) is 24.2 Å². The van der Waals surface area contributed by atoms with E-state index in [4.69, 9.17) is 4.74 Å². The van der Waals surface area contributed by atoms with Crippen LogP contribution in [0.1, 0.15) is 45.6 Å². The van der Waals surface area contributed by atoms with Crippen molar-refractivity contribution in [1.29, 1.82) is 0 Å². The highest BCUT2D eigenvalue weighted by atomic mass is 16.5. The normalized spacial score (nSPS) is 39.5. The van der Waals surface area contributed by atoms with Gasteiger partial charge in [0.15, 0.2) is 0 Å². The van der Waals surface area contributed by atoms with Gasteiger partial charge in [-0.25, -0.2) is 0 Å². The van der Waals surface area contributed by atoms with Crippen molar-refractivity contribution in [2.24, 2.45) is 16.7 Å². The average molecular weight is 260 g/mol. The van der Waals surface area contributed by atoms with Crippen LogP contribution in [0.4, 0.5) is 0 Å². The molecule has 104 valence electrons. The largest absolute Gasteiger partial charge is 0.497 e. The van der Waals surface area contributed by atoms with E-state index in [-0.39, 0.29) is 10.8 Å². The predicted octanol–water partition coefficient (Wildman–Crippen LogP) is 3.73. The van der Waals surface area contributed by atoms with Gasteiger partial charge in [0.05, 0.1) is 7.11 Å². The number of benzene rings is 1. The number of hydrogen-bond donors (Lipinski definition) is 1. The summed E-state index contributed by atoms with van der Waals surface area (Å²) in [6.07, 6.45) is 3.52. The van der Waals surface area contributed by atoms with Crippen molar-refractivity contribution in [3.05, 3.63) is 29.8 Å². The molecule has 19 heavy (non-hydrogen) atoms. The van der Waals surface area contributed by atoms with Gasteiger partial charge in [-0.2, -0.15) is 0 Å². The zero-order chi connectivity index (χ0) is 13.9. The number of rotatable bonds is 2. The van der Waals surface area contributed by atoms with E-state index in [1.54, 1.807) is 7.11 Å². The maximum absolute atomic E-state index is 11.6. The Morgan fingerprint density at radius 1 is 1.16 bits per heavy atom. The Hall–Kier alpha value is -1.02. The van der Waals surface area contributed by atoms with E-state index in [1.165, 1.54) is 6.42 Å². The van der Waals surface area contributed by atoms with Gasteiger partial charge >= 0.3 is 0 Å². The Kier molecular flexibility index (Phi) is 2.57. The molecule has 1 N–H and O–H groups in total. The van der Waals surface area contributed by atoms with Crippen molar-refractivity contribution in [3.8, 4) is 5.75 Å². The van der Waals surface area contributed by atoms with Crippen LogP contribution in [0.2, 0.25) is 0 Å². The van der Waals surface area contributed by atoms with Gasteiger partial charge in [0, 0.05) is 10.8 Å². The van der Waals surface area contributed by atoms with Gasteiger partial charge < -0.3 is 9.84 Å². The molecule has 2 fully saturated rings. The van der Waals surface area contributed by atoms with Crippen LogP contribution < -0.4 is 4.74 Å². The molecule has 0 amide bonds. The smallest absolute Gasteiger partial charge is 0.118 e. The highest BCUT2D eigenvalue weighted by Gasteiger charge is 2.68. The van der Waals surface area contributed by atoms with Crippen molar-refractivity contribution in [3.63, 3.8) is 0 Å². The molecule has 0 saturated heterocycles. The first-order chi connectivity index (χ1) is 8.85. The van der Waals surface area contributed by atoms with Crippen LogP contribution in [0.15, 0.2) is 24.3 Å². The number of aliphatic hydroxyl groups is 1. The zero-order valence-corrected chi connectivity index (χ0v) is 12.4. The lowest BCUT2D eigenvalue weighted by molar-refractivity contribution is -0.150. The van der Waals surface area contributed by atoms with Gasteiger partial charge in [-0.3, -0.25) is 0 Å². The third kappa shape index (κ3) is 1.41. The lowest BCUT2D eigenvalue weighted by atomic mass is 9.58. The van der Waals surface area contributed by atoms with Gasteiger partial charge in [-0.15, -0.1) is 0 Å². The quantitative estimate of drug-likeness (QED) is 0.878. The first kappa shape index (κ1) is 13.0. The molecule has 2 aliphatic rings. The minimum atomic E-state index is -0.727. The summed E-state index contributed by atoms with van der Waals surface area (Å²) in [6.45, 7) is 6.71. The maximum atomic E-state index is 11.6. The van der Waals surface area contributed by atoms with Crippen molar-refractivity contribution >= 4 is 0 Å². The Morgan fingerprint density at radius 2 is 1.79 bits per heavy atom. The summed E-state index contributed by atoms with van der Waals surface area (Å²) in [4.78, 5) is 0. The lowest BCUT2D eigenvalue weighted by Crippen LogP contribution is -2.51. The van der Waals surface area contributed by atoms with E-state index in [2.05, 4.69) is 20.8 Å². The molecule has 0 aliphatic heterocycles. The molecular formula is C17H24O2. The minimum absolute atomic E-state index is 0.00968. The van der Waals surface area contributed by atoms with Crippen LogP contribution in [0.25, 0.3) is 0 Å². The third-order valence-corrected chi connectivity index (χ3v) is 6.08. The van der Waals surface area contributed by atoms with Crippen molar-refractivity contribution in [1.82, 2.24) is 0 Å². The molecule has 2 aliphatic carbocycles. The molecule has 2 bridgehead atoms. The number of hydrogen-bond acceptors (Lipinski definition) is 2. The highest BCUT2D eigenvalue weighted by Crippen LogP contribution is 2.71. The summed E-state index contributed by atoms with van der Waals surface area (Å²) in [5.74, 6) is 1.48. The number of methoxy groups -OCH3 is 1. The Labute approximate surface area is 115 Å². The number of fused-ring (bicyclic) bond motifs is 2. The lowest BCUT2D eigenvalue weighted by Gasteiger charge is -2.51. The molecule has 0 spiro atoms. The molecule has 1 aromatic carbocycles. The Bertz CT molecular complexity index is 484. The van der Waals surface area contributed by atoms with E-state index in [9.17, 15) is 5.11 Å². The Morgan fingerprint density at radius 3 is 2.26 bits per heavy atom. The molecule has 2 nitrogen and oxygen atoms in total. The monoisotopic (exact) mass is 260 g/mol. The molecule has 2 saturated carbocycles. The van der Waals surface area contributed by atoms with E-state index in [0.29, 0.717) is 5.92 Å². The second-order valence-electron chi connectivity index (χ2n) is 7.16. The molecule has 0 aromatic heterocycles. The highest BCUT2D eigenvalue weighted by molar-refractivity contribution is 5.37. The fourth-order valence-corrected chi connectivity index (χ4v) is 4.81. The fourth-order valence-electron chi connectivity index (χ4n) is 4.81. The molecular weight excluding hydrogens is 236 g/mol. The summed E-state index contributed by atoms with van der Waals surface area (Å²) in [6, 6.07) is 7.98. The van der Waals surface area contributed by atoms with E-state index < -0.39 is 5.60 Å². The number of ether oxygens (including phenoxy) is 1. The molecule has 0 heterocycles. The van der Waals surface area contributed by atoms with Crippen LogP contribution in [-0.4, -0.2) is 12.2 Å². The summed E-state index contributed by atoms with van der Waals surface area (Å²) in [5, 5.41) is 11.6. The Balaban J connectivity index is 2.10. The first-order valence-corrected chi connectivity index (χ1v) is 7.22. The molecule has 1 aromatic rings. The van der Waals surface area contributed by atoms with E-state index >= 15 is 0 Å². The minimum Gasteiger partial charge on any atom is -0.497 e. The van der Waals surface area contributed by atoms with Crippen molar-refractivity contribution in [2.45, 2.75) is 45.6 Å². The molecule has 3 atom stereocenters. The van der Waals surface area contributed by atoms with Gasteiger partial charge in [0.25, 0.3) is 0 Å². The summed E-state index contributed by atoms with van der Waals surface area (Å²) in [5.41, 5.74) is 0.266. The standard InChI is InChI=1S/C17H24O2/c1-15(2)13-9-10-16(3,11-13)17(15,18)12-5-7-14(19-4)8-6-12/h5-8,13,18H,9-11H2,1-4H3. The molecule has 3 rings (SSSR count). The van der Waals surface area contributed by atoms with Crippen LogP contribution in [0, 0.1) is 16.7 Å². The third-order valence-electron chi connectivity index (χ3n) is 6.08. The molecule has 2 heteroatoms. The van der Waals surface area contributed by atoms with E-state index in [1.807, 2.05) is 24.3 Å². The van der Waals surface area contributed by atoms with Gasteiger partial charge in [0.2, 0.25) is 0 Å². The average Bonchev–Trinajstić information content (AvgIpc) is 2.87. The van der Waals surface area contributed by atoms with Gasteiger partial charge in [-0.05, 0) is 42.9 Å². The summed E-state index contributed by atoms with van der Waals surface area (Å²) >= 11 is 0. The zero-order valence-electron chi connectivity index (χ0n) is 12.4. The topological polar surface area (TPSA) is 29.5 Å². The van der Waals surface area contributed by atoms with Crippen LogP contribution in [-0.2, 0) is 5.60 Å². The van der Waals surface area contributed by atoms with Crippen LogP contribution >= 0.6 is 0 Å².